The Labute approximate surface area is 123 Å². The number of carbonyl (C=O) groups excluding carboxylic acids is 1. The summed E-state index contributed by atoms with van der Waals surface area (Å²) < 4.78 is 1.90. The van der Waals surface area contributed by atoms with Crippen LogP contribution in [0.5, 0.6) is 0 Å². The van der Waals surface area contributed by atoms with E-state index in [2.05, 4.69) is 4.98 Å². The lowest BCUT2D eigenvalue weighted by Crippen LogP contribution is -2.24. The van der Waals surface area contributed by atoms with Crippen LogP contribution in [0.25, 0.3) is 10.2 Å². The highest BCUT2D eigenvalue weighted by Crippen LogP contribution is 2.14. The van der Waals surface area contributed by atoms with E-state index in [1.807, 2.05) is 5.38 Å². The van der Waals surface area contributed by atoms with Crippen molar-refractivity contribution < 1.29 is 4.79 Å². The lowest BCUT2D eigenvalue weighted by atomic mass is 10.1. The van der Waals surface area contributed by atoms with Gasteiger partial charge in [0.05, 0.1) is 18.4 Å². The molecule has 6 heteroatoms. The van der Waals surface area contributed by atoms with Gasteiger partial charge in [0.15, 0.2) is 5.78 Å². The maximum atomic E-state index is 12.2. The molecule has 0 fully saturated rings. The largest absolute Gasteiger partial charge is 0.292 e. The molecule has 0 saturated carbocycles. The second-order valence-corrected chi connectivity index (χ2v) is 5.60. The Bertz CT molecular complexity index is 836. The zero-order valence-electron chi connectivity index (χ0n) is 10.2. The highest BCUT2D eigenvalue weighted by atomic mass is 35.5. The Kier molecular flexibility index (Phi) is 3.38. The first-order chi connectivity index (χ1) is 9.65. The van der Waals surface area contributed by atoms with Crippen LogP contribution in [0.2, 0.25) is 5.02 Å². The van der Waals surface area contributed by atoms with Gasteiger partial charge in [-0.05, 0) is 35.7 Å². The molecule has 1 aromatic carbocycles. The smallest absolute Gasteiger partial charge is 0.271 e. The average molecular weight is 305 g/mol. The normalized spacial score (nSPS) is 10.8. The molecule has 0 aliphatic rings. The summed E-state index contributed by atoms with van der Waals surface area (Å²) in [4.78, 5) is 28.5. The van der Waals surface area contributed by atoms with Gasteiger partial charge in [-0.1, -0.05) is 11.6 Å². The molecule has 0 spiro atoms. The van der Waals surface area contributed by atoms with E-state index in [4.69, 9.17) is 11.6 Å². The van der Waals surface area contributed by atoms with Gasteiger partial charge in [0.2, 0.25) is 0 Å². The number of ketones is 1. The van der Waals surface area contributed by atoms with Crippen molar-refractivity contribution >= 4 is 38.9 Å². The highest BCUT2D eigenvalue weighted by Gasteiger charge is 2.10. The summed E-state index contributed by atoms with van der Waals surface area (Å²) in [5.74, 6) is -0.151. The van der Waals surface area contributed by atoms with Crippen molar-refractivity contribution in [2.24, 2.45) is 0 Å². The minimum Gasteiger partial charge on any atom is -0.292 e. The average Bonchev–Trinajstić information content (AvgIpc) is 2.92. The first-order valence-corrected chi connectivity index (χ1v) is 7.12. The summed E-state index contributed by atoms with van der Waals surface area (Å²) in [7, 11) is 0. The molecule has 0 bridgehead atoms. The summed E-state index contributed by atoms with van der Waals surface area (Å²) in [5.41, 5.74) is 0.995. The fraction of sp³-hybridized carbons (Fsp3) is 0.0714. The third-order valence-corrected chi connectivity index (χ3v) is 4.06. The van der Waals surface area contributed by atoms with Gasteiger partial charge in [0.1, 0.15) is 4.70 Å². The number of fused-ring (bicyclic) bond motifs is 1. The number of Topliss-reactive ketones (excluding diaryl/α,β-unsaturated/α-hetero) is 1. The molecule has 2 aromatic heterocycles. The molecule has 0 radical (unpaired) electrons. The maximum Gasteiger partial charge on any atom is 0.271 e. The summed E-state index contributed by atoms with van der Waals surface area (Å²) in [6.45, 7) is -0.0265. The number of carbonyl (C=O) groups is 1. The second-order valence-electron chi connectivity index (χ2n) is 4.24. The van der Waals surface area contributed by atoms with Gasteiger partial charge in [0.25, 0.3) is 5.56 Å². The maximum absolute atomic E-state index is 12.2. The van der Waals surface area contributed by atoms with E-state index in [9.17, 15) is 9.59 Å². The Morgan fingerprint density at radius 2 is 2.00 bits per heavy atom. The fourth-order valence-corrected chi connectivity index (χ4v) is 2.79. The van der Waals surface area contributed by atoms with Crippen LogP contribution < -0.4 is 5.56 Å². The molecule has 0 aliphatic heterocycles. The van der Waals surface area contributed by atoms with Crippen LogP contribution >= 0.6 is 22.9 Å². The van der Waals surface area contributed by atoms with E-state index in [-0.39, 0.29) is 17.9 Å². The molecular weight excluding hydrogens is 296 g/mol. The molecule has 3 rings (SSSR count). The van der Waals surface area contributed by atoms with Crippen molar-refractivity contribution in [1.29, 1.82) is 0 Å². The zero-order chi connectivity index (χ0) is 14.1. The molecule has 3 aromatic rings. The molecule has 4 nitrogen and oxygen atoms in total. The Morgan fingerprint density at radius 3 is 2.75 bits per heavy atom. The van der Waals surface area contributed by atoms with Crippen LogP contribution in [0.3, 0.4) is 0 Å². The van der Waals surface area contributed by atoms with Crippen LogP contribution in [-0.4, -0.2) is 15.3 Å². The van der Waals surface area contributed by atoms with Gasteiger partial charge in [0, 0.05) is 10.6 Å². The van der Waals surface area contributed by atoms with E-state index in [1.165, 1.54) is 22.2 Å². The van der Waals surface area contributed by atoms with Crippen LogP contribution in [0.4, 0.5) is 0 Å². The van der Waals surface area contributed by atoms with Crippen molar-refractivity contribution in [3.63, 3.8) is 0 Å². The Hall–Kier alpha value is -1.98. The lowest BCUT2D eigenvalue weighted by Gasteiger charge is -2.04. The minimum absolute atomic E-state index is 0.0265. The van der Waals surface area contributed by atoms with Gasteiger partial charge in [-0.2, -0.15) is 0 Å². The number of nitrogens with zero attached hydrogens (tertiary/aromatic N) is 2. The number of rotatable bonds is 3. The third kappa shape index (κ3) is 2.37. The van der Waals surface area contributed by atoms with Crippen molar-refractivity contribution in [1.82, 2.24) is 9.55 Å². The molecule has 0 saturated heterocycles. The number of hydrogen-bond donors (Lipinski definition) is 0. The Morgan fingerprint density at radius 1 is 1.25 bits per heavy atom. The molecule has 0 unspecified atom stereocenters. The number of thiophene rings is 1. The molecule has 0 atom stereocenters. The van der Waals surface area contributed by atoms with Crippen LogP contribution in [0.1, 0.15) is 10.4 Å². The molecule has 0 N–H and O–H groups in total. The van der Waals surface area contributed by atoms with Gasteiger partial charge in [-0.25, -0.2) is 4.98 Å². The van der Waals surface area contributed by atoms with E-state index in [1.54, 1.807) is 30.3 Å². The van der Waals surface area contributed by atoms with Crippen molar-refractivity contribution in [2.75, 3.05) is 0 Å². The molecule has 20 heavy (non-hydrogen) atoms. The van der Waals surface area contributed by atoms with E-state index >= 15 is 0 Å². The zero-order valence-corrected chi connectivity index (χ0v) is 11.8. The van der Waals surface area contributed by atoms with Gasteiger partial charge >= 0.3 is 0 Å². The number of benzene rings is 1. The van der Waals surface area contributed by atoms with E-state index < -0.39 is 0 Å². The topological polar surface area (TPSA) is 52.0 Å². The van der Waals surface area contributed by atoms with Crippen LogP contribution in [0, 0.1) is 0 Å². The molecule has 100 valence electrons. The van der Waals surface area contributed by atoms with Gasteiger partial charge in [-0.15, -0.1) is 11.3 Å². The minimum atomic E-state index is -0.188. The molecule has 2 heterocycles. The first-order valence-electron chi connectivity index (χ1n) is 5.86. The number of aromatic nitrogens is 2. The highest BCUT2D eigenvalue weighted by molar-refractivity contribution is 7.17. The summed E-state index contributed by atoms with van der Waals surface area (Å²) in [6, 6.07) is 8.38. The van der Waals surface area contributed by atoms with Crippen molar-refractivity contribution in [2.45, 2.75) is 6.54 Å². The van der Waals surface area contributed by atoms with Crippen molar-refractivity contribution in [3.05, 3.63) is 63.0 Å². The van der Waals surface area contributed by atoms with Crippen molar-refractivity contribution in [3.8, 4) is 0 Å². The quantitative estimate of drug-likeness (QED) is 0.699. The predicted molar refractivity (Wildman–Crippen MR) is 79.7 cm³/mol. The van der Waals surface area contributed by atoms with E-state index in [0.29, 0.717) is 20.8 Å². The van der Waals surface area contributed by atoms with Gasteiger partial charge < -0.3 is 0 Å². The summed E-state index contributed by atoms with van der Waals surface area (Å²) in [6.07, 6.45) is 1.41. The summed E-state index contributed by atoms with van der Waals surface area (Å²) in [5, 5.41) is 2.38. The van der Waals surface area contributed by atoms with E-state index in [0.717, 1.165) is 0 Å². The van der Waals surface area contributed by atoms with Gasteiger partial charge in [-0.3, -0.25) is 14.2 Å². The lowest BCUT2D eigenvalue weighted by molar-refractivity contribution is 0.0970. The third-order valence-electron chi connectivity index (χ3n) is 2.92. The number of halogens is 1. The monoisotopic (exact) mass is 304 g/mol. The Balaban J connectivity index is 1.93. The predicted octanol–water partition coefficient (Wildman–Crippen LogP) is 2.99. The first kappa shape index (κ1) is 13.0. The SMILES string of the molecule is O=C(Cn1cnc2ccsc2c1=O)c1ccc(Cl)cc1. The standard InChI is InChI=1S/C14H9ClN2O2S/c15-10-3-1-9(2-4-10)12(18)7-17-8-16-11-5-6-20-13(11)14(17)19/h1-6,8H,7H2. The number of hydrogen-bond acceptors (Lipinski definition) is 4. The van der Waals surface area contributed by atoms with Crippen LogP contribution in [0.15, 0.2) is 46.8 Å². The fourth-order valence-electron chi connectivity index (χ4n) is 1.87. The second kappa shape index (κ2) is 5.19. The molecule has 0 amide bonds. The molecular formula is C14H9ClN2O2S. The summed E-state index contributed by atoms with van der Waals surface area (Å²) >= 11 is 7.11. The van der Waals surface area contributed by atoms with Crippen LogP contribution in [-0.2, 0) is 6.54 Å². The molecule has 0 aliphatic carbocycles.